The summed E-state index contributed by atoms with van der Waals surface area (Å²) in [7, 11) is 0. The van der Waals surface area contributed by atoms with Crippen LogP contribution in [-0.4, -0.2) is 18.8 Å². The lowest BCUT2D eigenvalue weighted by Gasteiger charge is -2.17. The summed E-state index contributed by atoms with van der Waals surface area (Å²) in [5, 5.41) is 0. The molecule has 2 heteroatoms. The summed E-state index contributed by atoms with van der Waals surface area (Å²) >= 11 is 0. The molecule has 1 aromatic carbocycles. The Labute approximate surface area is 123 Å². The van der Waals surface area contributed by atoms with Gasteiger partial charge in [-0.2, -0.15) is 0 Å². The third-order valence-corrected chi connectivity index (χ3v) is 4.44. The van der Waals surface area contributed by atoms with Crippen LogP contribution < -0.4 is 4.74 Å². The van der Waals surface area contributed by atoms with Crippen LogP contribution in [0, 0.1) is 20.8 Å². The van der Waals surface area contributed by atoms with Crippen LogP contribution in [0.2, 0.25) is 0 Å². The molecular formula is C18H28O2. The van der Waals surface area contributed by atoms with Crippen LogP contribution in [-0.2, 0) is 11.2 Å². The van der Waals surface area contributed by atoms with Gasteiger partial charge in [0.1, 0.15) is 5.75 Å². The lowest BCUT2D eigenvalue weighted by Crippen LogP contribution is -2.04. The van der Waals surface area contributed by atoms with Crippen molar-refractivity contribution >= 4 is 0 Å². The molecule has 0 radical (unpaired) electrons. The van der Waals surface area contributed by atoms with E-state index in [0.29, 0.717) is 12.2 Å². The highest BCUT2D eigenvalue weighted by Gasteiger charge is 2.36. The predicted octanol–water partition coefficient (Wildman–Crippen LogP) is 4.51. The molecule has 1 aliphatic heterocycles. The monoisotopic (exact) mass is 276 g/mol. The van der Waals surface area contributed by atoms with E-state index in [1.54, 1.807) is 0 Å². The van der Waals surface area contributed by atoms with E-state index in [9.17, 15) is 0 Å². The first-order valence-corrected chi connectivity index (χ1v) is 7.96. The van der Waals surface area contributed by atoms with Gasteiger partial charge in [-0.3, -0.25) is 0 Å². The second-order valence-corrected chi connectivity index (χ2v) is 5.93. The standard InChI is InChI=1S/C18H28O2/c1-6-10-19-18-11-12(3)15(13(4)14(18)5)8-9-17-16(7-2)20-17/h11,16-17H,6-10H2,1-5H3. The molecule has 2 nitrogen and oxygen atoms in total. The minimum absolute atomic E-state index is 0.495. The Kier molecular flexibility index (Phi) is 5.09. The molecule has 0 aromatic heterocycles. The normalized spacial score (nSPS) is 21.1. The molecular weight excluding hydrogens is 248 g/mol. The van der Waals surface area contributed by atoms with Crippen LogP contribution in [0.4, 0.5) is 0 Å². The molecule has 0 N–H and O–H groups in total. The van der Waals surface area contributed by atoms with E-state index in [-0.39, 0.29) is 0 Å². The quantitative estimate of drug-likeness (QED) is 0.683. The molecule has 1 fully saturated rings. The maximum absolute atomic E-state index is 5.85. The van der Waals surface area contributed by atoms with Gasteiger partial charge in [-0.05, 0) is 74.8 Å². The Morgan fingerprint density at radius 1 is 1.10 bits per heavy atom. The van der Waals surface area contributed by atoms with Crippen molar-refractivity contribution in [1.29, 1.82) is 0 Å². The van der Waals surface area contributed by atoms with E-state index in [2.05, 4.69) is 40.7 Å². The molecule has 0 saturated carbocycles. The van der Waals surface area contributed by atoms with Crippen LogP contribution in [0.25, 0.3) is 0 Å². The van der Waals surface area contributed by atoms with E-state index in [1.807, 2.05) is 0 Å². The minimum Gasteiger partial charge on any atom is -0.493 e. The summed E-state index contributed by atoms with van der Waals surface area (Å²) in [4.78, 5) is 0. The number of aryl methyl sites for hydroxylation is 1. The fourth-order valence-electron chi connectivity index (χ4n) is 2.92. The maximum atomic E-state index is 5.85. The molecule has 0 bridgehead atoms. The topological polar surface area (TPSA) is 21.8 Å². The fraction of sp³-hybridized carbons (Fsp3) is 0.667. The van der Waals surface area contributed by atoms with Gasteiger partial charge in [0.15, 0.2) is 0 Å². The van der Waals surface area contributed by atoms with Gasteiger partial charge >= 0.3 is 0 Å². The first kappa shape index (κ1) is 15.4. The Hall–Kier alpha value is -1.02. The van der Waals surface area contributed by atoms with Crippen molar-refractivity contribution in [3.63, 3.8) is 0 Å². The van der Waals surface area contributed by atoms with E-state index < -0.39 is 0 Å². The van der Waals surface area contributed by atoms with Crippen LogP contribution in [0.15, 0.2) is 6.07 Å². The van der Waals surface area contributed by atoms with Gasteiger partial charge in [-0.25, -0.2) is 0 Å². The van der Waals surface area contributed by atoms with Crippen molar-refractivity contribution in [3.8, 4) is 5.75 Å². The number of epoxide rings is 1. The minimum atomic E-state index is 0.495. The van der Waals surface area contributed by atoms with Crippen molar-refractivity contribution < 1.29 is 9.47 Å². The second-order valence-electron chi connectivity index (χ2n) is 5.93. The molecule has 1 heterocycles. The number of ether oxygens (including phenoxy) is 2. The van der Waals surface area contributed by atoms with Crippen molar-refractivity contribution in [2.24, 2.45) is 0 Å². The maximum Gasteiger partial charge on any atom is 0.122 e. The van der Waals surface area contributed by atoms with Gasteiger partial charge in [-0.15, -0.1) is 0 Å². The van der Waals surface area contributed by atoms with E-state index in [1.165, 1.54) is 22.3 Å². The van der Waals surface area contributed by atoms with Crippen molar-refractivity contribution in [3.05, 3.63) is 28.3 Å². The summed E-state index contributed by atoms with van der Waals surface area (Å²) < 4.78 is 11.5. The lowest BCUT2D eigenvalue weighted by atomic mass is 9.93. The lowest BCUT2D eigenvalue weighted by molar-refractivity contribution is 0.314. The number of rotatable bonds is 7. The molecule has 2 unspecified atom stereocenters. The number of hydrogen-bond acceptors (Lipinski definition) is 2. The SMILES string of the molecule is CCCOc1cc(C)c(CCC2OC2CC)c(C)c1C. The predicted molar refractivity (Wildman–Crippen MR) is 83.7 cm³/mol. The van der Waals surface area contributed by atoms with Crippen LogP contribution in [0.5, 0.6) is 5.75 Å². The largest absolute Gasteiger partial charge is 0.493 e. The third-order valence-electron chi connectivity index (χ3n) is 4.44. The Balaban J connectivity index is 2.07. The summed E-state index contributed by atoms with van der Waals surface area (Å²) in [5.74, 6) is 1.06. The van der Waals surface area contributed by atoms with Gasteiger partial charge < -0.3 is 9.47 Å². The molecule has 0 amide bonds. The molecule has 1 aromatic rings. The summed E-state index contributed by atoms with van der Waals surface area (Å²) in [6, 6.07) is 2.21. The highest BCUT2D eigenvalue weighted by Crippen LogP contribution is 2.33. The summed E-state index contributed by atoms with van der Waals surface area (Å²) in [6.45, 7) is 11.7. The van der Waals surface area contributed by atoms with Crippen LogP contribution in [0.1, 0.15) is 55.4 Å². The molecule has 1 saturated heterocycles. The van der Waals surface area contributed by atoms with Crippen molar-refractivity contribution in [1.82, 2.24) is 0 Å². The zero-order valence-corrected chi connectivity index (χ0v) is 13.6. The second kappa shape index (κ2) is 6.62. The van der Waals surface area contributed by atoms with Crippen LogP contribution >= 0.6 is 0 Å². The Bertz CT molecular complexity index is 465. The van der Waals surface area contributed by atoms with Gasteiger partial charge in [0.2, 0.25) is 0 Å². The van der Waals surface area contributed by atoms with Gasteiger partial charge in [-0.1, -0.05) is 13.8 Å². The average molecular weight is 276 g/mol. The molecule has 20 heavy (non-hydrogen) atoms. The van der Waals surface area contributed by atoms with Crippen molar-refractivity contribution in [2.45, 2.75) is 72.5 Å². The van der Waals surface area contributed by atoms with Gasteiger partial charge in [0, 0.05) is 0 Å². The number of benzene rings is 1. The zero-order valence-electron chi connectivity index (χ0n) is 13.6. The zero-order chi connectivity index (χ0) is 14.7. The first-order chi connectivity index (χ1) is 9.58. The summed E-state index contributed by atoms with van der Waals surface area (Å²) in [6.07, 6.45) is 5.48. The highest BCUT2D eigenvalue weighted by atomic mass is 16.6. The molecule has 0 aliphatic carbocycles. The fourth-order valence-corrected chi connectivity index (χ4v) is 2.92. The van der Waals surface area contributed by atoms with Gasteiger partial charge in [0.05, 0.1) is 18.8 Å². The van der Waals surface area contributed by atoms with E-state index in [4.69, 9.17) is 9.47 Å². The highest BCUT2D eigenvalue weighted by molar-refractivity contribution is 5.48. The Morgan fingerprint density at radius 3 is 2.45 bits per heavy atom. The Morgan fingerprint density at radius 2 is 1.85 bits per heavy atom. The summed E-state index contributed by atoms with van der Waals surface area (Å²) in [5.41, 5.74) is 5.53. The van der Waals surface area contributed by atoms with E-state index in [0.717, 1.165) is 38.0 Å². The van der Waals surface area contributed by atoms with Gasteiger partial charge in [0.25, 0.3) is 0 Å². The molecule has 0 spiro atoms. The average Bonchev–Trinajstić information content (AvgIpc) is 3.20. The molecule has 112 valence electrons. The number of hydrogen-bond donors (Lipinski definition) is 0. The van der Waals surface area contributed by atoms with E-state index >= 15 is 0 Å². The first-order valence-electron chi connectivity index (χ1n) is 7.96. The molecule has 1 aliphatic rings. The molecule has 2 atom stereocenters. The van der Waals surface area contributed by atoms with Crippen LogP contribution in [0.3, 0.4) is 0 Å². The van der Waals surface area contributed by atoms with Crippen molar-refractivity contribution in [2.75, 3.05) is 6.61 Å². The third kappa shape index (κ3) is 3.35. The molecule has 2 rings (SSSR count). The smallest absolute Gasteiger partial charge is 0.122 e.